The van der Waals surface area contributed by atoms with Crippen LogP contribution < -0.4 is 23.7 Å². The zero-order valence-electron chi connectivity index (χ0n) is 40.9. The average molecular weight is 959 g/mol. The maximum absolute atomic E-state index is 5.54. The zero-order valence-corrected chi connectivity index (χ0v) is 40.9. The first-order valence-corrected chi connectivity index (χ1v) is 23.8. The van der Waals surface area contributed by atoms with Gasteiger partial charge in [-0.25, -0.2) is 0 Å². The Labute approximate surface area is 418 Å². The van der Waals surface area contributed by atoms with Crippen LogP contribution in [0.1, 0.15) is 94.2 Å². The lowest BCUT2D eigenvalue weighted by Gasteiger charge is -2.06. The molecule has 5 aromatic carbocycles. The molecule has 10 rings (SSSR count). The first-order valence-electron chi connectivity index (χ1n) is 23.8. The Hall–Kier alpha value is -5.10. The van der Waals surface area contributed by atoms with Gasteiger partial charge in [0.1, 0.15) is 92.3 Å². The van der Waals surface area contributed by atoms with Gasteiger partial charge in [-0.05, 0) is 73.5 Å². The van der Waals surface area contributed by atoms with Crippen molar-refractivity contribution in [3.05, 3.63) is 151 Å². The third-order valence-corrected chi connectivity index (χ3v) is 8.59. The molecule has 69 heavy (non-hydrogen) atoms. The number of hydrogen-bond donors (Lipinski definition) is 0. The van der Waals surface area contributed by atoms with Crippen molar-refractivity contribution < 1.29 is 47.4 Å². The third-order valence-electron chi connectivity index (χ3n) is 8.59. The molecular weight excluding hydrogens is 869 g/mol. The van der Waals surface area contributed by atoms with E-state index in [2.05, 4.69) is 41.5 Å². The summed E-state index contributed by atoms with van der Waals surface area (Å²) in [5, 5.41) is 0. The predicted octanol–water partition coefficient (Wildman–Crippen LogP) is 14.1. The lowest BCUT2D eigenvalue weighted by Crippen LogP contribution is -2.04. The Balaban J connectivity index is 0.000000794. The number of benzene rings is 5. The molecular formula is C59H90O10. The van der Waals surface area contributed by atoms with Crippen LogP contribution in [0.4, 0.5) is 0 Å². The number of hydrogen-bond acceptors (Lipinski definition) is 10. The van der Waals surface area contributed by atoms with Gasteiger partial charge in [-0.15, -0.1) is 0 Å². The summed E-state index contributed by atoms with van der Waals surface area (Å²) in [5.41, 5.74) is 2.36. The van der Waals surface area contributed by atoms with Crippen LogP contribution in [-0.2, 0) is 23.7 Å². The minimum Gasteiger partial charge on any atom is -0.491 e. The second-order valence-corrected chi connectivity index (χ2v) is 15.9. The quantitative estimate of drug-likeness (QED) is 0.0941. The van der Waals surface area contributed by atoms with E-state index in [4.69, 9.17) is 47.4 Å². The van der Waals surface area contributed by atoms with Gasteiger partial charge in [0.15, 0.2) is 0 Å². The van der Waals surface area contributed by atoms with Crippen molar-refractivity contribution >= 4 is 0 Å². The molecule has 5 atom stereocenters. The zero-order chi connectivity index (χ0) is 47.5. The van der Waals surface area contributed by atoms with Gasteiger partial charge in [0, 0.05) is 0 Å². The van der Waals surface area contributed by atoms with Crippen molar-refractivity contribution in [3.63, 3.8) is 0 Å². The number of para-hydroxylation sites is 5. The highest BCUT2D eigenvalue weighted by atomic mass is 16.6. The molecule has 10 nitrogen and oxygen atoms in total. The standard InChI is InChI=1S/2C10H12O2.3C9H10O2.3C3H8.3CH4/c2*1-8-4-2-3-5-10(8)12-7-9-6-11-9;3*1-2-4-8(5-3-1)10-6-9-7-11-9;3*1-3-2;;;/h2*2-5,9H,6-7H2,1H3;3*1-5,9H,6-7H2;3*3H2,1-2H3;3*1H4. The van der Waals surface area contributed by atoms with Crippen LogP contribution in [0.5, 0.6) is 28.7 Å². The van der Waals surface area contributed by atoms with Gasteiger partial charge in [-0.3, -0.25) is 0 Å². The van der Waals surface area contributed by atoms with Crippen molar-refractivity contribution in [3.8, 4) is 28.7 Å². The number of aryl methyl sites for hydroxylation is 2. The average Bonchev–Trinajstić information content (AvgIpc) is 4.11. The Morgan fingerprint density at radius 2 is 0.507 bits per heavy atom. The summed E-state index contributed by atoms with van der Waals surface area (Å²) in [6.45, 7) is 24.5. The molecule has 0 radical (unpaired) electrons. The molecule has 10 heteroatoms. The molecule has 0 amide bonds. The Bertz CT molecular complexity index is 1680. The molecule has 386 valence electrons. The summed E-state index contributed by atoms with van der Waals surface area (Å²) < 4.78 is 52.4. The Morgan fingerprint density at radius 1 is 0.319 bits per heavy atom. The van der Waals surface area contributed by atoms with E-state index in [0.29, 0.717) is 63.6 Å². The van der Waals surface area contributed by atoms with Crippen molar-refractivity contribution in [2.75, 3.05) is 66.1 Å². The Morgan fingerprint density at radius 3 is 0.710 bits per heavy atom. The molecule has 0 bridgehead atoms. The largest absolute Gasteiger partial charge is 0.491 e. The van der Waals surface area contributed by atoms with Crippen LogP contribution in [0.25, 0.3) is 0 Å². The van der Waals surface area contributed by atoms with Crippen LogP contribution in [0.2, 0.25) is 0 Å². The lowest BCUT2D eigenvalue weighted by molar-refractivity contribution is 0.262. The molecule has 0 spiro atoms. The highest BCUT2D eigenvalue weighted by Crippen LogP contribution is 2.20. The monoisotopic (exact) mass is 959 g/mol. The van der Waals surface area contributed by atoms with E-state index >= 15 is 0 Å². The van der Waals surface area contributed by atoms with E-state index in [0.717, 1.165) is 61.8 Å². The van der Waals surface area contributed by atoms with E-state index in [-0.39, 0.29) is 22.3 Å². The summed E-state index contributed by atoms with van der Waals surface area (Å²) in [7, 11) is 0. The summed E-state index contributed by atoms with van der Waals surface area (Å²) >= 11 is 0. The van der Waals surface area contributed by atoms with E-state index in [1.165, 1.54) is 30.4 Å². The normalized spacial score (nSPS) is 18.1. The Kier molecular flexibility index (Phi) is 37.7. The van der Waals surface area contributed by atoms with Gasteiger partial charge in [0.05, 0.1) is 33.0 Å². The maximum Gasteiger partial charge on any atom is 0.122 e. The molecule has 5 aromatic rings. The fourth-order valence-corrected chi connectivity index (χ4v) is 4.74. The smallest absolute Gasteiger partial charge is 0.122 e. The SMILES string of the molecule is C.C.C.CCC.CCC.CCC.Cc1ccccc1OCC1CO1.Cc1ccccc1OCC1CO1.c1ccc(OCC2CO2)cc1.c1ccc(OCC2CO2)cc1.c1ccc(OCC2CO2)cc1. The highest BCUT2D eigenvalue weighted by Gasteiger charge is 2.25. The third kappa shape index (κ3) is 35.6. The second-order valence-electron chi connectivity index (χ2n) is 15.9. The first kappa shape index (κ1) is 63.9. The topological polar surface area (TPSA) is 109 Å². The summed E-state index contributed by atoms with van der Waals surface area (Å²) in [6, 6.07) is 45.4. The minimum absolute atomic E-state index is 0. The lowest BCUT2D eigenvalue weighted by atomic mass is 10.2. The van der Waals surface area contributed by atoms with Gasteiger partial charge in [-0.1, -0.05) is 174 Å². The van der Waals surface area contributed by atoms with Crippen LogP contribution in [-0.4, -0.2) is 96.6 Å². The summed E-state index contributed by atoms with van der Waals surface area (Å²) in [4.78, 5) is 0. The van der Waals surface area contributed by atoms with Crippen molar-refractivity contribution in [2.45, 2.75) is 127 Å². The van der Waals surface area contributed by atoms with Crippen LogP contribution >= 0.6 is 0 Å². The fourth-order valence-electron chi connectivity index (χ4n) is 4.74. The molecule has 5 aliphatic rings. The van der Waals surface area contributed by atoms with Crippen molar-refractivity contribution in [1.29, 1.82) is 0 Å². The summed E-state index contributed by atoms with van der Waals surface area (Å²) in [5.74, 6) is 4.69. The maximum atomic E-state index is 5.54. The predicted molar refractivity (Wildman–Crippen MR) is 286 cm³/mol. The molecule has 0 saturated carbocycles. The number of rotatable bonds is 15. The van der Waals surface area contributed by atoms with Crippen molar-refractivity contribution in [1.82, 2.24) is 0 Å². The summed E-state index contributed by atoms with van der Waals surface area (Å²) in [6.07, 6.45) is 5.45. The molecule has 0 aliphatic carbocycles. The van der Waals surface area contributed by atoms with E-state index < -0.39 is 0 Å². The van der Waals surface area contributed by atoms with Crippen molar-refractivity contribution in [2.24, 2.45) is 0 Å². The van der Waals surface area contributed by atoms with Crippen LogP contribution in [0.15, 0.2) is 140 Å². The fraction of sp³-hybridized carbons (Fsp3) is 0.492. The number of ether oxygens (including phenoxy) is 10. The second kappa shape index (κ2) is 40.8. The van der Waals surface area contributed by atoms with Gasteiger partial charge < -0.3 is 47.4 Å². The number of epoxide rings is 5. The van der Waals surface area contributed by atoms with Crippen LogP contribution in [0.3, 0.4) is 0 Å². The molecule has 0 N–H and O–H groups in total. The van der Waals surface area contributed by atoms with E-state index in [1.807, 2.05) is 153 Å². The van der Waals surface area contributed by atoms with Gasteiger partial charge >= 0.3 is 0 Å². The van der Waals surface area contributed by atoms with Gasteiger partial charge in [0.2, 0.25) is 0 Å². The molecule has 5 saturated heterocycles. The minimum atomic E-state index is 0. The van der Waals surface area contributed by atoms with Crippen LogP contribution in [0, 0.1) is 13.8 Å². The van der Waals surface area contributed by atoms with E-state index in [9.17, 15) is 0 Å². The first-order chi connectivity index (χ1) is 32.3. The van der Waals surface area contributed by atoms with Gasteiger partial charge in [-0.2, -0.15) is 0 Å². The van der Waals surface area contributed by atoms with E-state index in [1.54, 1.807) is 0 Å². The molecule has 5 fully saturated rings. The molecule has 5 unspecified atom stereocenters. The molecule has 5 heterocycles. The van der Waals surface area contributed by atoms with Gasteiger partial charge in [0.25, 0.3) is 0 Å². The molecule has 5 aliphatic heterocycles. The highest BCUT2D eigenvalue weighted by molar-refractivity contribution is 5.32. The molecule has 0 aromatic heterocycles.